The smallest absolute Gasteiger partial charge is 0.230 e. The molecule has 2 aromatic rings. The van der Waals surface area contributed by atoms with Crippen LogP contribution in [0.25, 0.3) is 10.2 Å². The van der Waals surface area contributed by atoms with Crippen LogP contribution in [-0.4, -0.2) is 34.4 Å². The van der Waals surface area contributed by atoms with E-state index in [1.54, 1.807) is 11.3 Å². The first-order valence-electron chi connectivity index (χ1n) is 6.62. The van der Waals surface area contributed by atoms with Gasteiger partial charge < -0.3 is 10.4 Å². The number of rotatable bonds is 7. The molecule has 2 N–H and O–H groups in total. The standard InChI is InChI=1S/C14H18N2O2S2/c1-2-5-10(17)8-15-13(18)9-19-14-16-11-6-3-4-7-12(11)20-14/h3-4,6-7,10,17H,2,5,8-9H2,1H3,(H,15,18). The average Bonchev–Trinajstić information content (AvgIpc) is 2.86. The molecule has 1 amide bonds. The Bertz CT molecular complexity index is 538. The fourth-order valence-corrected chi connectivity index (χ4v) is 3.66. The van der Waals surface area contributed by atoms with E-state index in [1.165, 1.54) is 11.8 Å². The van der Waals surface area contributed by atoms with E-state index in [2.05, 4.69) is 10.3 Å². The molecule has 4 nitrogen and oxygen atoms in total. The zero-order valence-electron chi connectivity index (χ0n) is 11.3. The second-order valence-corrected chi connectivity index (χ2v) is 6.74. The van der Waals surface area contributed by atoms with Crippen molar-refractivity contribution in [3.05, 3.63) is 24.3 Å². The van der Waals surface area contributed by atoms with Crippen molar-refractivity contribution in [2.24, 2.45) is 0 Å². The van der Waals surface area contributed by atoms with Gasteiger partial charge in [0.15, 0.2) is 4.34 Å². The molecule has 0 aliphatic heterocycles. The largest absolute Gasteiger partial charge is 0.391 e. The molecule has 0 radical (unpaired) electrons. The number of carbonyl (C=O) groups is 1. The summed E-state index contributed by atoms with van der Waals surface area (Å²) in [7, 11) is 0. The molecule has 108 valence electrons. The number of fused-ring (bicyclic) bond motifs is 1. The third kappa shape index (κ3) is 4.47. The Morgan fingerprint density at radius 3 is 3.05 bits per heavy atom. The number of thioether (sulfide) groups is 1. The first kappa shape index (κ1) is 15.3. The fourth-order valence-electron chi connectivity index (χ4n) is 1.76. The van der Waals surface area contributed by atoms with Gasteiger partial charge in [0.05, 0.1) is 22.1 Å². The predicted octanol–water partition coefficient (Wildman–Crippen LogP) is 2.67. The Balaban J connectivity index is 1.78. The molecule has 1 heterocycles. The van der Waals surface area contributed by atoms with Crippen LogP contribution in [0.15, 0.2) is 28.6 Å². The number of para-hydroxylation sites is 1. The molecule has 1 atom stereocenters. The number of hydrogen-bond donors (Lipinski definition) is 2. The zero-order valence-corrected chi connectivity index (χ0v) is 13.0. The quantitative estimate of drug-likeness (QED) is 0.772. The SMILES string of the molecule is CCCC(O)CNC(=O)CSc1nc2ccccc2s1. The fraction of sp³-hybridized carbons (Fsp3) is 0.429. The lowest BCUT2D eigenvalue weighted by atomic mass is 10.2. The number of aliphatic hydroxyl groups is 1. The summed E-state index contributed by atoms with van der Waals surface area (Å²) in [5.74, 6) is 0.267. The lowest BCUT2D eigenvalue weighted by Crippen LogP contribution is -2.33. The van der Waals surface area contributed by atoms with Crippen LogP contribution >= 0.6 is 23.1 Å². The minimum absolute atomic E-state index is 0.0654. The van der Waals surface area contributed by atoms with Crippen LogP contribution in [0.3, 0.4) is 0 Å². The number of aliphatic hydroxyl groups excluding tert-OH is 1. The molecule has 1 unspecified atom stereocenters. The van der Waals surface area contributed by atoms with Crippen molar-refractivity contribution in [1.82, 2.24) is 10.3 Å². The molecule has 6 heteroatoms. The van der Waals surface area contributed by atoms with E-state index in [9.17, 15) is 9.90 Å². The highest BCUT2D eigenvalue weighted by molar-refractivity contribution is 8.01. The summed E-state index contributed by atoms with van der Waals surface area (Å²) >= 11 is 3.03. The van der Waals surface area contributed by atoms with Gasteiger partial charge in [-0.2, -0.15) is 0 Å². The summed E-state index contributed by atoms with van der Waals surface area (Å²) in [4.78, 5) is 16.1. The Hall–Kier alpha value is -1.11. The minimum Gasteiger partial charge on any atom is -0.391 e. The predicted molar refractivity (Wildman–Crippen MR) is 84.3 cm³/mol. The summed E-state index contributed by atoms with van der Waals surface area (Å²) in [6.07, 6.45) is 1.18. The number of aromatic nitrogens is 1. The zero-order chi connectivity index (χ0) is 14.4. The van der Waals surface area contributed by atoms with Gasteiger partial charge in [0.2, 0.25) is 5.91 Å². The Morgan fingerprint density at radius 1 is 1.50 bits per heavy atom. The molecule has 20 heavy (non-hydrogen) atoms. The van der Waals surface area contributed by atoms with Gasteiger partial charge in [-0.05, 0) is 18.6 Å². The first-order valence-corrected chi connectivity index (χ1v) is 8.42. The number of thiazole rings is 1. The summed E-state index contributed by atoms with van der Waals surface area (Å²) in [6.45, 7) is 2.33. The van der Waals surface area contributed by atoms with E-state index >= 15 is 0 Å². The van der Waals surface area contributed by atoms with E-state index in [1.807, 2.05) is 31.2 Å². The van der Waals surface area contributed by atoms with Crippen molar-refractivity contribution in [3.63, 3.8) is 0 Å². The van der Waals surface area contributed by atoms with Crippen molar-refractivity contribution in [2.45, 2.75) is 30.2 Å². The maximum atomic E-state index is 11.7. The van der Waals surface area contributed by atoms with E-state index < -0.39 is 6.10 Å². The van der Waals surface area contributed by atoms with Gasteiger partial charge in [-0.25, -0.2) is 4.98 Å². The molecule has 0 aliphatic carbocycles. The van der Waals surface area contributed by atoms with Gasteiger partial charge in [0, 0.05) is 6.54 Å². The van der Waals surface area contributed by atoms with Crippen molar-refractivity contribution < 1.29 is 9.90 Å². The topological polar surface area (TPSA) is 62.2 Å². The Labute approximate surface area is 126 Å². The third-order valence-electron chi connectivity index (χ3n) is 2.76. The maximum absolute atomic E-state index is 11.7. The van der Waals surface area contributed by atoms with Crippen LogP contribution in [0.2, 0.25) is 0 Å². The lowest BCUT2D eigenvalue weighted by molar-refractivity contribution is -0.119. The third-order valence-corrected chi connectivity index (χ3v) is 4.94. The summed E-state index contributed by atoms with van der Waals surface area (Å²) in [5.41, 5.74) is 0.971. The number of nitrogens with one attached hydrogen (secondary N) is 1. The minimum atomic E-state index is -0.448. The van der Waals surface area contributed by atoms with Gasteiger partial charge >= 0.3 is 0 Å². The molecule has 0 spiro atoms. The van der Waals surface area contributed by atoms with Crippen molar-refractivity contribution in [3.8, 4) is 0 Å². The summed E-state index contributed by atoms with van der Waals surface area (Å²) in [5, 5.41) is 12.3. The van der Waals surface area contributed by atoms with E-state index in [0.29, 0.717) is 18.7 Å². The van der Waals surface area contributed by atoms with E-state index in [-0.39, 0.29) is 5.91 Å². The van der Waals surface area contributed by atoms with Crippen molar-refractivity contribution in [1.29, 1.82) is 0 Å². The van der Waals surface area contributed by atoms with Crippen LogP contribution in [0, 0.1) is 0 Å². The monoisotopic (exact) mass is 310 g/mol. The molecule has 0 bridgehead atoms. The molecule has 1 aromatic heterocycles. The van der Waals surface area contributed by atoms with Gasteiger partial charge in [-0.3, -0.25) is 4.79 Å². The number of benzene rings is 1. The van der Waals surface area contributed by atoms with Crippen molar-refractivity contribution >= 4 is 39.2 Å². The van der Waals surface area contributed by atoms with Crippen LogP contribution < -0.4 is 5.32 Å². The number of nitrogens with zero attached hydrogens (tertiary/aromatic N) is 1. The first-order chi connectivity index (χ1) is 9.69. The highest BCUT2D eigenvalue weighted by Crippen LogP contribution is 2.28. The van der Waals surface area contributed by atoms with Gasteiger partial charge in [-0.15, -0.1) is 11.3 Å². The van der Waals surface area contributed by atoms with Gasteiger partial charge in [0.1, 0.15) is 0 Å². The maximum Gasteiger partial charge on any atom is 0.230 e. The Kier molecular flexibility index (Phi) is 5.82. The average molecular weight is 310 g/mol. The highest BCUT2D eigenvalue weighted by atomic mass is 32.2. The molecule has 2 rings (SSSR count). The normalized spacial score (nSPS) is 12.5. The number of hydrogen-bond acceptors (Lipinski definition) is 5. The van der Waals surface area contributed by atoms with Crippen LogP contribution in [0.5, 0.6) is 0 Å². The van der Waals surface area contributed by atoms with Gasteiger partial charge in [0.25, 0.3) is 0 Å². The molecule has 0 saturated carbocycles. The van der Waals surface area contributed by atoms with Crippen LogP contribution in [0.4, 0.5) is 0 Å². The lowest BCUT2D eigenvalue weighted by Gasteiger charge is -2.09. The second kappa shape index (κ2) is 7.61. The number of carbonyl (C=O) groups excluding carboxylic acids is 1. The van der Waals surface area contributed by atoms with Crippen LogP contribution in [0.1, 0.15) is 19.8 Å². The second-order valence-electron chi connectivity index (χ2n) is 4.48. The molecular formula is C14H18N2O2S2. The highest BCUT2D eigenvalue weighted by Gasteiger charge is 2.09. The summed E-state index contributed by atoms with van der Waals surface area (Å²) < 4.78 is 2.03. The Morgan fingerprint density at radius 2 is 2.30 bits per heavy atom. The van der Waals surface area contributed by atoms with E-state index in [0.717, 1.165) is 21.0 Å². The summed E-state index contributed by atoms with van der Waals surface area (Å²) in [6, 6.07) is 7.93. The van der Waals surface area contributed by atoms with Crippen molar-refractivity contribution in [2.75, 3.05) is 12.3 Å². The van der Waals surface area contributed by atoms with Gasteiger partial charge in [-0.1, -0.05) is 37.2 Å². The molecule has 0 fully saturated rings. The molecule has 0 saturated heterocycles. The molecular weight excluding hydrogens is 292 g/mol. The number of amides is 1. The van der Waals surface area contributed by atoms with Crippen LogP contribution in [-0.2, 0) is 4.79 Å². The van der Waals surface area contributed by atoms with E-state index in [4.69, 9.17) is 0 Å². The molecule has 1 aromatic carbocycles. The molecule has 0 aliphatic rings.